The molecule has 3 aromatic heterocycles. The number of aromatic amines is 1. The molecule has 0 aliphatic carbocycles. The predicted molar refractivity (Wildman–Crippen MR) is 122 cm³/mol. The summed E-state index contributed by atoms with van der Waals surface area (Å²) in [6.07, 6.45) is 3.27. The van der Waals surface area contributed by atoms with Crippen LogP contribution in [0, 0.1) is 5.41 Å². The van der Waals surface area contributed by atoms with Crippen LogP contribution in [0.2, 0.25) is 0 Å². The molecule has 3 N–H and O–H groups in total. The first kappa shape index (κ1) is 22.9. The molecule has 166 valence electrons. The quantitative estimate of drug-likeness (QED) is 0.517. The van der Waals surface area contributed by atoms with E-state index >= 15 is 0 Å². The molecule has 0 saturated carbocycles. The molecule has 8 nitrogen and oxygen atoms in total. The number of methoxy groups -OCH3 is 1. The number of thiophene rings is 1. The van der Waals surface area contributed by atoms with Gasteiger partial charge in [0, 0.05) is 25.4 Å². The van der Waals surface area contributed by atoms with E-state index < -0.39 is 0 Å². The summed E-state index contributed by atoms with van der Waals surface area (Å²) in [5.41, 5.74) is 2.04. The van der Waals surface area contributed by atoms with Crippen molar-refractivity contribution in [2.45, 2.75) is 46.7 Å². The standard InChI is InChI=1S/C22H29N5O3S/c1-12(11-30-6)25-21(29)17-8-7-16(31-17)15-10-24-19-18(27-15)14(9-23-19)20(28)26-13(2)22(3,4)5/h7-10,12-13H,11H2,1-6H3,(H,23,24)(H,25,29)(H,26,28)/t12?,13-/m0/s1. The second kappa shape index (κ2) is 9.15. The number of fused-ring (bicyclic) bond motifs is 1. The average molecular weight is 444 g/mol. The Labute approximate surface area is 185 Å². The highest BCUT2D eigenvalue weighted by Crippen LogP contribution is 2.28. The van der Waals surface area contributed by atoms with Gasteiger partial charge in [-0.3, -0.25) is 9.59 Å². The van der Waals surface area contributed by atoms with Crippen molar-refractivity contribution < 1.29 is 14.3 Å². The smallest absolute Gasteiger partial charge is 0.261 e. The molecule has 3 aromatic rings. The SMILES string of the molecule is COCC(C)NC(=O)c1ccc(-c2cnc3[nH]cc(C(=O)N[C@@H](C)C(C)(C)C)c3n2)s1. The van der Waals surface area contributed by atoms with Gasteiger partial charge in [-0.15, -0.1) is 11.3 Å². The molecule has 0 aromatic carbocycles. The van der Waals surface area contributed by atoms with Crippen LogP contribution in [0.15, 0.2) is 24.5 Å². The molecule has 2 atom stereocenters. The Morgan fingerprint density at radius 2 is 1.94 bits per heavy atom. The van der Waals surface area contributed by atoms with Crippen LogP contribution in [0.5, 0.6) is 0 Å². The van der Waals surface area contributed by atoms with E-state index in [0.29, 0.717) is 33.9 Å². The molecule has 3 rings (SSSR count). The molecule has 0 bridgehead atoms. The molecule has 0 spiro atoms. The summed E-state index contributed by atoms with van der Waals surface area (Å²) < 4.78 is 5.06. The van der Waals surface area contributed by atoms with E-state index in [1.165, 1.54) is 11.3 Å². The highest BCUT2D eigenvalue weighted by molar-refractivity contribution is 7.17. The molecule has 0 fully saturated rings. The maximum Gasteiger partial charge on any atom is 0.261 e. The first-order valence-corrected chi connectivity index (χ1v) is 11.0. The zero-order valence-electron chi connectivity index (χ0n) is 18.7. The summed E-state index contributed by atoms with van der Waals surface area (Å²) in [6, 6.07) is 3.50. The minimum atomic E-state index is -0.196. The zero-order valence-corrected chi connectivity index (χ0v) is 19.5. The lowest BCUT2D eigenvalue weighted by Gasteiger charge is -2.27. The Kier molecular flexibility index (Phi) is 6.76. The Morgan fingerprint density at radius 1 is 1.19 bits per heavy atom. The third kappa shape index (κ3) is 5.29. The van der Waals surface area contributed by atoms with E-state index in [9.17, 15) is 9.59 Å². The van der Waals surface area contributed by atoms with E-state index in [1.807, 2.05) is 19.9 Å². The van der Waals surface area contributed by atoms with Crippen LogP contribution >= 0.6 is 11.3 Å². The van der Waals surface area contributed by atoms with Crippen LogP contribution in [-0.4, -0.2) is 52.6 Å². The fourth-order valence-corrected chi connectivity index (χ4v) is 3.72. The summed E-state index contributed by atoms with van der Waals surface area (Å²) in [6.45, 7) is 10.5. The van der Waals surface area contributed by atoms with Crippen LogP contribution in [-0.2, 0) is 4.74 Å². The van der Waals surface area contributed by atoms with Gasteiger partial charge in [0.05, 0.1) is 33.8 Å². The van der Waals surface area contributed by atoms with Gasteiger partial charge in [-0.25, -0.2) is 9.97 Å². The van der Waals surface area contributed by atoms with Crippen LogP contribution in [0.3, 0.4) is 0 Å². The first-order chi connectivity index (χ1) is 14.6. The molecule has 31 heavy (non-hydrogen) atoms. The average Bonchev–Trinajstić information content (AvgIpc) is 3.34. The number of amides is 2. The Bertz CT molecular complexity index is 1080. The van der Waals surface area contributed by atoms with Gasteiger partial charge in [0.1, 0.15) is 5.52 Å². The molecule has 9 heteroatoms. The Balaban J connectivity index is 1.83. The maximum absolute atomic E-state index is 12.8. The van der Waals surface area contributed by atoms with E-state index in [1.54, 1.807) is 25.6 Å². The fourth-order valence-electron chi connectivity index (χ4n) is 2.86. The molecule has 0 aliphatic heterocycles. The first-order valence-electron chi connectivity index (χ1n) is 10.1. The monoisotopic (exact) mass is 443 g/mol. The van der Waals surface area contributed by atoms with Gasteiger partial charge in [-0.1, -0.05) is 20.8 Å². The minimum absolute atomic E-state index is 0.0139. The van der Waals surface area contributed by atoms with Crippen LogP contribution in [0.4, 0.5) is 0 Å². The van der Waals surface area contributed by atoms with E-state index in [2.05, 4.69) is 46.4 Å². The molecule has 0 aliphatic rings. The van der Waals surface area contributed by atoms with Crippen molar-refractivity contribution in [3.63, 3.8) is 0 Å². The van der Waals surface area contributed by atoms with E-state index in [-0.39, 0.29) is 29.3 Å². The molecule has 1 unspecified atom stereocenters. The summed E-state index contributed by atoms with van der Waals surface area (Å²) in [5, 5.41) is 5.93. The summed E-state index contributed by atoms with van der Waals surface area (Å²) in [5.74, 6) is -0.355. The Morgan fingerprint density at radius 3 is 2.61 bits per heavy atom. The van der Waals surface area contributed by atoms with E-state index in [0.717, 1.165) is 4.88 Å². The highest BCUT2D eigenvalue weighted by atomic mass is 32.1. The minimum Gasteiger partial charge on any atom is -0.383 e. The van der Waals surface area contributed by atoms with Gasteiger partial charge in [-0.2, -0.15) is 0 Å². The maximum atomic E-state index is 12.8. The number of nitrogens with one attached hydrogen (secondary N) is 3. The number of aromatic nitrogens is 3. The summed E-state index contributed by atoms with van der Waals surface area (Å²) in [4.78, 5) is 38.7. The largest absolute Gasteiger partial charge is 0.383 e. The van der Waals surface area contributed by atoms with Gasteiger partial charge in [0.2, 0.25) is 0 Å². The van der Waals surface area contributed by atoms with Crippen molar-refractivity contribution >= 4 is 34.3 Å². The number of carbonyl (C=O) groups is 2. The lowest BCUT2D eigenvalue weighted by molar-refractivity contribution is 0.0903. The van der Waals surface area contributed by atoms with E-state index in [4.69, 9.17) is 4.74 Å². The lowest BCUT2D eigenvalue weighted by atomic mass is 9.88. The third-order valence-electron chi connectivity index (χ3n) is 5.15. The fraction of sp³-hybridized carbons (Fsp3) is 0.455. The predicted octanol–water partition coefficient (Wildman–Crippen LogP) is 3.62. The van der Waals surface area contributed by atoms with Crippen molar-refractivity contribution in [2.24, 2.45) is 5.41 Å². The topological polar surface area (TPSA) is 109 Å². The normalized spacial score (nSPS) is 13.7. The second-order valence-electron chi connectivity index (χ2n) is 8.71. The molecular weight excluding hydrogens is 414 g/mol. The van der Waals surface area contributed by atoms with Crippen LogP contribution in [0.25, 0.3) is 21.7 Å². The number of rotatable bonds is 7. The van der Waals surface area contributed by atoms with Crippen molar-refractivity contribution in [1.82, 2.24) is 25.6 Å². The molecule has 3 heterocycles. The van der Waals surface area contributed by atoms with Crippen LogP contribution in [0.1, 0.15) is 54.6 Å². The molecule has 2 amide bonds. The van der Waals surface area contributed by atoms with Crippen LogP contribution < -0.4 is 10.6 Å². The second-order valence-corrected chi connectivity index (χ2v) is 9.79. The zero-order chi connectivity index (χ0) is 22.8. The highest BCUT2D eigenvalue weighted by Gasteiger charge is 2.24. The number of carbonyl (C=O) groups excluding carboxylic acids is 2. The number of hydrogen-bond acceptors (Lipinski definition) is 6. The summed E-state index contributed by atoms with van der Waals surface area (Å²) in [7, 11) is 1.60. The number of hydrogen-bond donors (Lipinski definition) is 3. The van der Waals surface area contributed by atoms with Gasteiger partial charge in [-0.05, 0) is 31.4 Å². The van der Waals surface area contributed by atoms with Crippen molar-refractivity contribution in [1.29, 1.82) is 0 Å². The number of ether oxygens (including phenoxy) is 1. The van der Waals surface area contributed by atoms with Crippen molar-refractivity contribution in [3.05, 3.63) is 35.0 Å². The molecule has 0 radical (unpaired) electrons. The van der Waals surface area contributed by atoms with Gasteiger partial charge in [0.15, 0.2) is 5.65 Å². The van der Waals surface area contributed by atoms with Gasteiger partial charge in [0.25, 0.3) is 11.8 Å². The van der Waals surface area contributed by atoms with Crippen molar-refractivity contribution in [2.75, 3.05) is 13.7 Å². The van der Waals surface area contributed by atoms with Gasteiger partial charge >= 0.3 is 0 Å². The lowest BCUT2D eigenvalue weighted by Crippen LogP contribution is -2.41. The molecular formula is C22H29N5O3S. The van der Waals surface area contributed by atoms with Crippen molar-refractivity contribution in [3.8, 4) is 10.6 Å². The summed E-state index contributed by atoms with van der Waals surface area (Å²) >= 11 is 1.33. The number of nitrogens with zero attached hydrogens (tertiary/aromatic N) is 2. The molecule has 0 saturated heterocycles. The Hall–Kier alpha value is -2.78. The van der Waals surface area contributed by atoms with Gasteiger partial charge < -0.3 is 20.4 Å². The number of H-pyrrole nitrogens is 1. The third-order valence-corrected chi connectivity index (χ3v) is 6.26.